The van der Waals surface area contributed by atoms with E-state index in [0.717, 1.165) is 72.6 Å². The van der Waals surface area contributed by atoms with E-state index in [1.165, 1.54) is 28.8 Å². The molecule has 0 aliphatic carbocycles. The van der Waals surface area contributed by atoms with Crippen LogP contribution in [0.1, 0.15) is 56.2 Å². The van der Waals surface area contributed by atoms with Gasteiger partial charge in [0.15, 0.2) is 0 Å². The van der Waals surface area contributed by atoms with E-state index < -0.39 is 0 Å². The fraction of sp³-hybridized carbons (Fsp3) is 0.127. The number of aromatic nitrogens is 2. The second-order valence-corrected chi connectivity index (χ2v) is 16.4. The zero-order valence-electron chi connectivity index (χ0n) is 35.1. The zero-order valence-corrected chi connectivity index (χ0v) is 37.4. The number of rotatable bonds is 9. The first-order chi connectivity index (χ1) is 29.7. The van der Waals surface area contributed by atoms with Gasteiger partial charge in [0.25, 0.3) is 0 Å². The molecule has 0 saturated heterocycles. The second kappa shape index (κ2) is 16.8. The number of benzene rings is 7. The first-order valence-corrected chi connectivity index (χ1v) is 20.9. The van der Waals surface area contributed by atoms with Crippen molar-refractivity contribution in [1.82, 2.24) is 9.55 Å². The second-order valence-electron chi connectivity index (χ2n) is 16.4. The molecule has 310 valence electrons. The minimum absolute atomic E-state index is 0. The van der Waals surface area contributed by atoms with Crippen molar-refractivity contribution in [3.05, 3.63) is 199 Å². The van der Waals surface area contributed by atoms with Gasteiger partial charge in [0, 0.05) is 61.3 Å². The summed E-state index contributed by atoms with van der Waals surface area (Å²) < 4.78 is 23.0. The van der Waals surface area contributed by atoms with Crippen LogP contribution in [0, 0.1) is 31.5 Å². The number of hydrogen-bond donors (Lipinski definition) is 0. The Kier molecular flexibility index (Phi) is 11.1. The molecule has 0 unspecified atom stereocenters. The Morgan fingerprint density at radius 3 is 2.02 bits per heavy atom. The average molecular weight is 991 g/mol. The van der Waals surface area contributed by atoms with Crippen molar-refractivity contribution in [2.24, 2.45) is 0 Å². The summed E-state index contributed by atoms with van der Waals surface area (Å²) in [7, 11) is 0. The quantitative estimate of drug-likeness (QED) is 0.135. The summed E-state index contributed by atoms with van der Waals surface area (Å²) in [6.45, 7) is 13.3. The van der Waals surface area contributed by atoms with Crippen LogP contribution in [0.4, 0.5) is 27.1 Å². The molecular weight excluding hydrogens is 947 g/mol. The Hall–Kier alpha value is -6.49. The molecule has 0 radical (unpaired) electrons. The maximum Gasteiger partial charge on any atom is 0.135 e. The minimum Gasteiger partial charge on any atom is -0.509 e. The van der Waals surface area contributed by atoms with Crippen molar-refractivity contribution in [2.45, 2.75) is 46.5 Å². The van der Waals surface area contributed by atoms with E-state index in [9.17, 15) is 4.39 Å². The molecule has 5 nitrogen and oxygen atoms in total. The number of halogens is 1. The van der Waals surface area contributed by atoms with Crippen molar-refractivity contribution in [3.63, 3.8) is 0 Å². The molecule has 2 aromatic heterocycles. The number of ether oxygens (including phenoxy) is 1. The van der Waals surface area contributed by atoms with Gasteiger partial charge in [0.2, 0.25) is 0 Å². The Morgan fingerprint density at radius 1 is 0.597 bits per heavy atom. The molecule has 1 aliphatic heterocycles. The Bertz CT molecular complexity index is 3040. The number of nitrogens with zero attached hydrogens (tertiary/aromatic N) is 4. The third-order valence-corrected chi connectivity index (χ3v) is 11.6. The summed E-state index contributed by atoms with van der Waals surface area (Å²) >= 11 is 0. The first-order valence-electron chi connectivity index (χ1n) is 20.9. The molecule has 1 aliphatic rings. The number of pyridine rings is 1. The molecule has 0 bridgehead atoms. The summed E-state index contributed by atoms with van der Waals surface area (Å²) in [6.07, 6.45) is 1.81. The number of fused-ring (bicyclic) bond motifs is 4. The van der Waals surface area contributed by atoms with E-state index in [-0.39, 0.29) is 38.7 Å². The molecule has 0 N–H and O–H groups in total. The van der Waals surface area contributed by atoms with Crippen LogP contribution in [0.2, 0.25) is 0 Å². The summed E-state index contributed by atoms with van der Waals surface area (Å²) in [4.78, 5) is 9.28. The molecular formula is C55H44FN4OPt-3. The maximum atomic E-state index is 14.0. The predicted molar refractivity (Wildman–Crippen MR) is 248 cm³/mol. The van der Waals surface area contributed by atoms with Gasteiger partial charge in [-0.2, -0.15) is 6.07 Å². The van der Waals surface area contributed by atoms with Gasteiger partial charge in [-0.25, -0.2) is 9.37 Å². The standard InChI is InChI=1S/C55H44FN4O.Pt/c1-35(2)48-30-41(39-19-21-42(56)22-20-39)31-49(36(3)4)55(48)59-34-58(51-25-18-37(5)27-53(51)59)43-28-40(38-13-7-6-8-14-38)29-45(32-43)61-44-23-24-47-46-15-9-10-16-50(46)60(52(47)33-44)54-17-11-12-26-57-54;/h6-31,34-36H,1-5H3;/q-3;. The predicted octanol–water partition coefficient (Wildman–Crippen LogP) is 15.0. The smallest absolute Gasteiger partial charge is 0.135 e. The van der Waals surface area contributed by atoms with Crippen LogP contribution < -0.4 is 14.5 Å². The Morgan fingerprint density at radius 2 is 1.29 bits per heavy atom. The molecule has 7 heteroatoms. The van der Waals surface area contributed by atoms with Crippen molar-refractivity contribution in [1.29, 1.82) is 0 Å². The fourth-order valence-electron chi connectivity index (χ4n) is 8.57. The molecule has 62 heavy (non-hydrogen) atoms. The molecule has 3 heterocycles. The van der Waals surface area contributed by atoms with E-state index in [1.807, 2.05) is 48.7 Å². The summed E-state index contributed by atoms with van der Waals surface area (Å²) in [5, 5.41) is 2.20. The van der Waals surface area contributed by atoms with Crippen LogP contribution in [0.25, 0.3) is 49.9 Å². The van der Waals surface area contributed by atoms with Crippen molar-refractivity contribution >= 4 is 44.6 Å². The van der Waals surface area contributed by atoms with Gasteiger partial charge >= 0.3 is 0 Å². The van der Waals surface area contributed by atoms with Crippen molar-refractivity contribution in [3.8, 4) is 39.6 Å². The normalized spacial score (nSPS) is 12.4. The number of para-hydroxylation sites is 1. The minimum atomic E-state index is -0.238. The van der Waals surface area contributed by atoms with E-state index in [1.54, 1.807) is 0 Å². The average Bonchev–Trinajstić information content (AvgIpc) is 3.82. The number of anilines is 4. The largest absolute Gasteiger partial charge is 0.509 e. The molecule has 10 rings (SSSR count). The van der Waals surface area contributed by atoms with E-state index >= 15 is 0 Å². The van der Waals surface area contributed by atoms with Gasteiger partial charge in [-0.1, -0.05) is 106 Å². The zero-order chi connectivity index (χ0) is 41.8. The van der Waals surface area contributed by atoms with E-state index in [2.05, 4.69) is 165 Å². The SMILES string of the molecule is Cc1ccc2c(c1)N(c1c(C(C)C)cc(-c3ccc(F)cc3)cc1C(C)C)[CH-]N2c1[c-]c(Oc2[c-]c3c(cc2)c2ccccc2n3-c2ccccn2)cc(-c2ccccc2)c1.[Pt]. The topological polar surface area (TPSA) is 33.5 Å². The first kappa shape index (κ1) is 40.9. The van der Waals surface area contributed by atoms with Crippen LogP contribution in [-0.2, 0) is 21.1 Å². The number of aryl methyl sites for hydroxylation is 1. The summed E-state index contributed by atoms with van der Waals surface area (Å²) in [5.74, 6) is 2.15. The molecule has 0 fully saturated rings. The van der Waals surface area contributed by atoms with Crippen LogP contribution >= 0.6 is 0 Å². The third-order valence-electron chi connectivity index (χ3n) is 11.6. The van der Waals surface area contributed by atoms with Crippen LogP contribution in [-0.4, -0.2) is 9.55 Å². The van der Waals surface area contributed by atoms with Gasteiger partial charge in [-0.3, -0.25) is 0 Å². The molecule has 9 aromatic rings. The number of hydrogen-bond acceptors (Lipinski definition) is 4. The van der Waals surface area contributed by atoms with Crippen molar-refractivity contribution in [2.75, 3.05) is 9.80 Å². The van der Waals surface area contributed by atoms with E-state index in [4.69, 9.17) is 9.72 Å². The summed E-state index contributed by atoms with van der Waals surface area (Å²) in [5.41, 5.74) is 13.8. The van der Waals surface area contributed by atoms with Crippen molar-refractivity contribution < 1.29 is 30.2 Å². The van der Waals surface area contributed by atoms with Gasteiger partial charge in [0.1, 0.15) is 11.6 Å². The van der Waals surface area contributed by atoms with Gasteiger partial charge in [-0.05, 0) is 112 Å². The van der Waals surface area contributed by atoms with Gasteiger partial charge in [-0.15, -0.1) is 53.6 Å². The molecule has 0 saturated carbocycles. The third kappa shape index (κ3) is 7.47. The molecule has 0 spiro atoms. The van der Waals surface area contributed by atoms with Gasteiger partial charge in [0.05, 0.1) is 0 Å². The maximum absolute atomic E-state index is 14.0. The molecule has 0 atom stereocenters. The molecule has 0 amide bonds. The Labute approximate surface area is 377 Å². The monoisotopic (exact) mass is 990 g/mol. The van der Waals surface area contributed by atoms with Crippen LogP contribution in [0.5, 0.6) is 11.5 Å². The van der Waals surface area contributed by atoms with Crippen LogP contribution in [0.15, 0.2) is 158 Å². The Balaban J connectivity index is 0.00000490. The fourth-order valence-corrected chi connectivity index (χ4v) is 8.57. The van der Waals surface area contributed by atoms with E-state index in [0.29, 0.717) is 11.5 Å². The van der Waals surface area contributed by atoms with Gasteiger partial charge < -0.3 is 19.1 Å². The van der Waals surface area contributed by atoms with Crippen LogP contribution in [0.3, 0.4) is 0 Å². The summed E-state index contributed by atoms with van der Waals surface area (Å²) in [6, 6.07) is 58.3. The molecule has 7 aromatic carbocycles.